The Bertz CT molecular complexity index is 795. The van der Waals surface area contributed by atoms with Crippen LogP contribution in [-0.2, 0) is 11.3 Å². The summed E-state index contributed by atoms with van der Waals surface area (Å²) in [7, 11) is 0. The van der Waals surface area contributed by atoms with E-state index in [1.807, 2.05) is 18.7 Å². The highest BCUT2D eigenvalue weighted by atomic mass is 19.1. The molecule has 0 bridgehead atoms. The highest BCUT2D eigenvalue weighted by molar-refractivity contribution is 5.92. The topological polar surface area (TPSA) is 66.4 Å². The summed E-state index contributed by atoms with van der Waals surface area (Å²) in [5.41, 5.74) is 1.14. The van der Waals surface area contributed by atoms with Crippen molar-refractivity contribution < 1.29 is 14.0 Å². The molecule has 1 aliphatic rings. The molecule has 7 heteroatoms. The van der Waals surface area contributed by atoms with Gasteiger partial charge in [0.05, 0.1) is 6.04 Å². The van der Waals surface area contributed by atoms with Gasteiger partial charge in [-0.3, -0.25) is 9.59 Å². The zero-order valence-electron chi connectivity index (χ0n) is 15.5. The SMILES string of the molecule is CC(C)C1CN(C(=O)c2cccnn2)CCC(=O)N1Cc1ccc(F)cc1. The van der Waals surface area contributed by atoms with Crippen LogP contribution in [0.1, 0.15) is 36.3 Å². The normalized spacial score (nSPS) is 17.9. The molecule has 0 radical (unpaired) electrons. The predicted molar refractivity (Wildman–Crippen MR) is 98.1 cm³/mol. The smallest absolute Gasteiger partial charge is 0.274 e. The van der Waals surface area contributed by atoms with Gasteiger partial charge in [-0.05, 0) is 35.7 Å². The third-order valence-electron chi connectivity index (χ3n) is 4.84. The number of carbonyl (C=O) groups is 2. The van der Waals surface area contributed by atoms with Crippen LogP contribution in [0.2, 0.25) is 0 Å². The lowest BCUT2D eigenvalue weighted by molar-refractivity contribution is -0.134. The van der Waals surface area contributed by atoms with Crippen molar-refractivity contribution in [3.8, 4) is 0 Å². The van der Waals surface area contributed by atoms with Crippen molar-refractivity contribution in [3.05, 3.63) is 59.7 Å². The van der Waals surface area contributed by atoms with Gasteiger partial charge in [-0.15, -0.1) is 5.10 Å². The molecule has 0 N–H and O–H groups in total. The molecule has 27 heavy (non-hydrogen) atoms. The van der Waals surface area contributed by atoms with E-state index in [4.69, 9.17) is 0 Å². The maximum Gasteiger partial charge on any atom is 0.274 e. The standard InChI is InChI=1S/C20H23FN4O2/c1-14(2)18-13-24(20(27)17-4-3-10-22-23-17)11-9-19(26)25(18)12-15-5-7-16(21)8-6-15/h3-8,10,14,18H,9,11-13H2,1-2H3. The van der Waals surface area contributed by atoms with Crippen LogP contribution in [0.3, 0.4) is 0 Å². The van der Waals surface area contributed by atoms with Gasteiger partial charge in [-0.2, -0.15) is 5.10 Å². The van der Waals surface area contributed by atoms with E-state index in [2.05, 4.69) is 10.2 Å². The number of hydrogen-bond acceptors (Lipinski definition) is 4. The van der Waals surface area contributed by atoms with E-state index in [0.29, 0.717) is 19.6 Å². The number of hydrogen-bond donors (Lipinski definition) is 0. The average molecular weight is 370 g/mol. The summed E-state index contributed by atoms with van der Waals surface area (Å²) in [5, 5.41) is 7.66. The summed E-state index contributed by atoms with van der Waals surface area (Å²) in [4.78, 5) is 29.1. The van der Waals surface area contributed by atoms with E-state index in [9.17, 15) is 14.0 Å². The number of carbonyl (C=O) groups excluding carboxylic acids is 2. The second-order valence-corrected chi connectivity index (χ2v) is 7.07. The van der Waals surface area contributed by atoms with Gasteiger partial charge >= 0.3 is 0 Å². The predicted octanol–water partition coefficient (Wildman–Crippen LogP) is 2.52. The first-order chi connectivity index (χ1) is 13.0. The first kappa shape index (κ1) is 18.9. The number of benzene rings is 1. The molecular weight excluding hydrogens is 347 g/mol. The highest BCUT2D eigenvalue weighted by Gasteiger charge is 2.34. The Morgan fingerprint density at radius 1 is 1.26 bits per heavy atom. The van der Waals surface area contributed by atoms with Gasteiger partial charge in [0, 0.05) is 32.3 Å². The third-order valence-corrected chi connectivity index (χ3v) is 4.84. The van der Waals surface area contributed by atoms with E-state index in [1.54, 1.807) is 29.2 Å². The van der Waals surface area contributed by atoms with Crippen molar-refractivity contribution in [2.24, 2.45) is 5.92 Å². The van der Waals surface area contributed by atoms with Gasteiger partial charge in [-0.25, -0.2) is 4.39 Å². The Kier molecular flexibility index (Phi) is 5.78. The summed E-state index contributed by atoms with van der Waals surface area (Å²) in [5.74, 6) is -0.371. The van der Waals surface area contributed by atoms with Gasteiger partial charge in [0.1, 0.15) is 5.82 Å². The van der Waals surface area contributed by atoms with E-state index in [1.165, 1.54) is 18.3 Å². The lowest BCUT2D eigenvalue weighted by Gasteiger charge is -2.34. The molecule has 1 atom stereocenters. The minimum absolute atomic E-state index is 0.00697. The van der Waals surface area contributed by atoms with Gasteiger partial charge in [0.2, 0.25) is 5.91 Å². The van der Waals surface area contributed by atoms with E-state index in [0.717, 1.165) is 5.56 Å². The van der Waals surface area contributed by atoms with Crippen molar-refractivity contribution in [3.63, 3.8) is 0 Å². The minimum atomic E-state index is -0.304. The van der Waals surface area contributed by atoms with Gasteiger partial charge in [0.15, 0.2) is 5.69 Å². The van der Waals surface area contributed by atoms with Crippen LogP contribution >= 0.6 is 0 Å². The van der Waals surface area contributed by atoms with Crippen molar-refractivity contribution in [2.75, 3.05) is 13.1 Å². The molecule has 2 aromatic rings. The fraction of sp³-hybridized carbons (Fsp3) is 0.400. The number of aromatic nitrogens is 2. The molecule has 0 aliphatic carbocycles. The number of halogens is 1. The van der Waals surface area contributed by atoms with Crippen molar-refractivity contribution in [2.45, 2.75) is 32.9 Å². The number of rotatable bonds is 4. The zero-order valence-corrected chi connectivity index (χ0v) is 15.5. The summed E-state index contributed by atoms with van der Waals surface area (Å²) in [6, 6.07) is 9.33. The Morgan fingerprint density at radius 3 is 2.63 bits per heavy atom. The summed E-state index contributed by atoms with van der Waals surface area (Å²) < 4.78 is 13.2. The molecule has 1 saturated heterocycles. The van der Waals surface area contributed by atoms with Gasteiger partial charge in [0.25, 0.3) is 5.91 Å². The molecule has 0 saturated carbocycles. The van der Waals surface area contributed by atoms with E-state index < -0.39 is 0 Å². The Hall–Kier alpha value is -2.83. The molecule has 3 rings (SSSR count). The quantitative estimate of drug-likeness (QED) is 0.829. The molecule has 1 aliphatic heterocycles. The highest BCUT2D eigenvalue weighted by Crippen LogP contribution is 2.22. The van der Waals surface area contributed by atoms with Crippen LogP contribution in [0.25, 0.3) is 0 Å². The second kappa shape index (κ2) is 8.24. The molecule has 2 heterocycles. The number of amides is 2. The maximum atomic E-state index is 13.2. The fourth-order valence-electron chi connectivity index (χ4n) is 3.30. The first-order valence-corrected chi connectivity index (χ1v) is 9.06. The molecule has 1 unspecified atom stereocenters. The molecular formula is C20H23FN4O2. The van der Waals surface area contributed by atoms with E-state index in [-0.39, 0.29) is 41.7 Å². The molecule has 6 nitrogen and oxygen atoms in total. The van der Waals surface area contributed by atoms with Crippen LogP contribution in [0.15, 0.2) is 42.6 Å². The minimum Gasteiger partial charge on any atom is -0.335 e. The Morgan fingerprint density at radius 2 is 2.00 bits per heavy atom. The lowest BCUT2D eigenvalue weighted by atomic mass is 10.0. The second-order valence-electron chi connectivity index (χ2n) is 7.07. The molecule has 2 amide bonds. The van der Waals surface area contributed by atoms with Crippen LogP contribution in [0.4, 0.5) is 4.39 Å². The molecule has 1 aromatic carbocycles. The van der Waals surface area contributed by atoms with Crippen molar-refractivity contribution >= 4 is 11.8 Å². The largest absolute Gasteiger partial charge is 0.335 e. The van der Waals surface area contributed by atoms with Crippen molar-refractivity contribution in [1.29, 1.82) is 0 Å². The lowest BCUT2D eigenvalue weighted by Crippen LogP contribution is -2.47. The van der Waals surface area contributed by atoms with Crippen LogP contribution < -0.4 is 0 Å². The molecule has 0 spiro atoms. The zero-order chi connectivity index (χ0) is 19.4. The molecule has 142 valence electrons. The van der Waals surface area contributed by atoms with Crippen LogP contribution in [0, 0.1) is 11.7 Å². The monoisotopic (exact) mass is 370 g/mol. The average Bonchev–Trinajstić information content (AvgIpc) is 2.83. The summed E-state index contributed by atoms with van der Waals surface area (Å²) >= 11 is 0. The summed E-state index contributed by atoms with van der Waals surface area (Å²) in [6.45, 7) is 5.24. The van der Waals surface area contributed by atoms with Gasteiger partial charge < -0.3 is 9.80 Å². The van der Waals surface area contributed by atoms with Crippen molar-refractivity contribution in [1.82, 2.24) is 20.0 Å². The Labute approximate surface area is 158 Å². The van der Waals surface area contributed by atoms with Gasteiger partial charge in [-0.1, -0.05) is 26.0 Å². The third kappa shape index (κ3) is 4.48. The van der Waals surface area contributed by atoms with Crippen LogP contribution in [-0.4, -0.2) is 50.9 Å². The molecule has 1 fully saturated rings. The van der Waals surface area contributed by atoms with E-state index >= 15 is 0 Å². The number of nitrogens with zero attached hydrogens (tertiary/aromatic N) is 4. The summed E-state index contributed by atoms with van der Waals surface area (Å²) in [6.07, 6.45) is 1.76. The van der Waals surface area contributed by atoms with Crippen LogP contribution in [0.5, 0.6) is 0 Å². The molecule has 1 aromatic heterocycles. The Balaban J connectivity index is 1.82. The first-order valence-electron chi connectivity index (χ1n) is 9.06. The fourth-order valence-corrected chi connectivity index (χ4v) is 3.30. The maximum absolute atomic E-state index is 13.2.